The average Bonchev–Trinajstić information content (AvgIpc) is 2.39. The molecule has 0 bridgehead atoms. The van der Waals surface area contributed by atoms with Crippen molar-refractivity contribution in [1.29, 1.82) is 0 Å². The van der Waals surface area contributed by atoms with Crippen LogP contribution in [0.3, 0.4) is 0 Å². The normalized spacial score (nSPS) is 24.7. The van der Waals surface area contributed by atoms with Crippen LogP contribution in [0, 0.1) is 5.92 Å². The number of carbonyl (C=O) groups excluding carboxylic acids is 1. The number of hydrogen-bond donors (Lipinski definition) is 3. The van der Waals surface area contributed by atoms with Crippen molar-refractivity contribution in [2.24, 2.45) is 5.92 Å². The van der Waals surface area contributed by atoms with Crippen molar-refractivity contribution < 1.29 is 19.4 Å². The fourth-order valence-corrected chi connectivity index (χ4v) is 2.37. The van der Waals surface area contributed by atoms with E-state index in [4.69, 9.17) is 9.84 Å². The summed E-state index contributed by atoms with van der Waals surface area (Å²) >= 11 is 0. The van der Waals surface area contributed by atoms with Gasteiger partial charge in [-0.3, -0.25) is 9.59 Å². The minimum absolute atomic E-state index is 0.0441. The largest absolute Gasteiger partial charge is 0.481 e. The molecular formula is C13H24N2O4. The molecule has 0 aromatic heterocycles. The first-order valence-corrected chi connectivity index (χ1v) is 6.80. The molecule has 0 radical (unpaired) electrons. The Kier molecular flexibility index (Phi) is 6.80. The Bertz CT molecular complexity index is 301. The van der Waals surface area contributed by atoms with Crippen molar-refractivity contribution in [3.05, 3.63) is 0 Å². The van der Waals surface area contributed by atoms with E-state index in [1.54, 1.807) is 7.11 Å². The topological polar surface area (TPSA) is 87.7 Å². The summed E-state index contributed by atoms with van der Waals surface area (Å²) < 4.78 is 4.87. The molecule has 3 N–H and O–H groups in total. The van der Waals surface area contributed by atoms with Gasteiger partial charge in [0.2, 0.25) is 5.91 Å². The molecule has 1 amide bonds. The maximum Gasteiger partial charge on any atom is 0.306 e. The van der Waals surface area contributed by atoms with Gasteiger partial charge in [-0.1, -0.05) is 0 Å². The lowest BCUT2D eigenvalue weighted by atomic mass is 9.86. The van der Waals surface area contributed by atoms with Crippen molar-refractivity contribution in [3.8, 4) is 0 Å². The molecule has 1 unspecified atom stereocenters. The zero-order valence-corrected chi connectivity index (χ0v) is 11.6. The molecule has 0 aromatic rings. The van der Waals surface area contributed by atoms with E-state index in [1.807, 2.05) is 6.92 Å². The molecule has 1 fully saturated rings. The summed E-state index contributed by atoms with van der Waals surface area (Å²) in [6.07, 6.45) is 3.00. The van der Waals surface area contributed by atoms with E-state index < -0.39 is 5.97 Å². The summed E-state index contributed by atoms with van der Waals surface area (Å²) in [6.45, 7) is 2.83. The van der Waals surface area contributed by atoms with Crippen LogP contribution in [0.1, 0.15) is 32.6 Å². The molecule has 1 aliphatic rings. The second-order valence-electron chi connectivity index (χ2n) is 5.06. The number of ether oxygens (including phenoxy) is 1. The molecule has 1 atom stereocenters. The van der Waals surface area contributed by atoms with Gasteiger partial charge in [0.1, 0.15) is 0 Å². The van der Waals surface area contributed by atoms with Gasteiger partial charge < -0.3 is 20.5 Å². The minimum atomic E-state index is -0.705. The van der Waals surface area contributed by atoms with Gasteiger partial charge in [-0.15, -0.1) is 0 Å². The predicted octanol–water partition coefficient (Wildman–Crippen LogP) is 0.371. The van der Waals surface area contributed by atoms with Crippen molar-refractivity contribution in [1.82, 2.24) is 10.6 Å². The van der Waals surface area contributed by atoms with E-state index in [9.17, 15) is 9.59 Å². The fourth-order valence-electron chi connectivity index (χ4n) is 2.37. The number of carboxylic acid groups (broad SMARTS) is 1. The van der Waals surface area contributed by atoms with E-state index in [-0.39, 0.29) is 23.9 Å². The van der Waals surface area contributed by atoms with Crippen LogP contribution in [-0.2, 0) is 14.3 Å². The van der Waals surface area contributed by atoms with Crippen molar-refractivity contribution in [2.75, 3.05) is 20.3 Å². The predicted molar refractivity (Wildman–Crippen MR) is 70.9 cm³/mol. The smallest absolute Gasteiger partial charge is 0.306 e. The first-order valence-electron chi connectivity index (χ1n) is 6.80. The van der Waals surface area contributed by atoms with E-state index >= 15 is 0 Å². The molecule has 1 aliphatic carbocycles. The number of hydrogen-bond acceptors (Lipinski definition) is 4. The highest BCUT2D eigenvalue weighted by Gasteiger charge is 2.27. The number of nitrogens with one attached hydrogen (secondary N) is 2. The molecule has 0 heterocycles. The van der Waals surface area contributed by atoms with Gasteiger partial charge in [0, 0.05) is 19.7 Å². The summed E-state index contributed by atoms with van der Waals surface area (Å²) in [5.41, 5.74) is 0. The molecule has 6 heteroatoms. The van der Waals surface area contributed by atoms with Gasteiger partial charge in [0.25, 0.3) is 0 Å². The zero-order chi connectivity index (χ0) is 14.3. The highest BCUT2D eigenvalue weighted by atomic mass is 16.5. The Balaban J connectivity index is 2.24. The van der Waals surface area contributed by atoms with Crippen LogP contribution in [0.4, 0.5) is 0 Å². The molecule has 1 saturated carbocycles. The second-order valence-corrected chi connectivity index (χ2v) is 5.06. The average molecular weight is 272 g/mol. The molecular weight excluding hydrogens is 248 g/mol. The maximum absolute atomic E-state index is 11.7. The fraction of sp³-hybridized carbons (Fsp3) is 0.846. The van der Waals surface area contributed by atoms with Gasteiger partial charge in [-0.25, -0.2) is 0 Å². The van der Waals surface area contributed by atoms with Crippen LogP contribution in [0.5, 0.6) is 0 Å². The Morgan fingerprint density at radius 2 is 1.95 bits per heavy atom. The Labute approximate surface area is 113 Å². The molecule has 0 saturated heterocycles. The highest BCUT2D eigenvalue weighted by Crippen LogP contribution is 2.24. The summed E-state index contributed by atoms with van der Waals surface area (Å²) in [7, 11) is 1.59. The van der Waals surface area contributed by atoms with E-state index in [1.165, 1.54) is 0 Å². The van der Waals surface area contributed by atoms with Crippen molar-refractivity contribution in [3.63, 3.8) is 0 Å². The van der Waals surface area contributed by atoms with Crippen molar-refractivity contribution >= 4 is 11.9 Å². The van der Waals surface area contributed by atoms with E-state index in [2.05, 4.69) is 10.6 Å². The molecule has 6 nitrogen and oxygen atoms in total. The van der Waals surface area contributed by atoms with Crippen LogP contribution >= 0.6 is 0 Å². The monoisotopic (exact) mass is 272 g/mol. The number of carboxylic acids is 1. The number of carbonyl (C=O) groups is 2. The van der Waals surface area contributed by atoms with Crippen LogP contribution in [0.25, 0.3) is 0 Å². The standard InChI is InChI=1S/C13H24N2O4/c1-9(12(16)14-7-8-19-2)15-11-5-3-10(4-6-11)13(17)18/h9-11,15H,3-8H2,1-2H3,(H,14,16)(H,17,18). The minimum Gasteiger partial charge on any atom is -0.481 e. The van der Waals surface area contributed by atoms with Crippen LogP contribution in [-0.4, -0.2) is 49.3 Å². The third kappa shape index (κ3) is 5.57. The molecule has 19 heavy (non-hydrogen) atoms. The van der Waals surface area contributed by atoms with E-state index in [0.717, 1.165) is 12.8 Å². The zero-order valence-electron chi connectivity index (χ0n) is 11.6. The number of methoxy groups -OCH3 is 1. The third-order valence-corrected chi connectivity index (χ3v) is 3.56. The Morgan fingerprint density at radius 3 is 2.47 bits per heavy atom. The van der Waals surface area contributed by atoms with Crippen molar-refractivity contribution in [2.45, 2.75) is 44.7 Å². The number of amides is 1. The molecule has 0 aliphatic heterocycles. The van der Waals surface area contributed by atoms with Crippen LogP contribution in [0.15, 0.2) is 0 Å². The number of aliphatic carboxylic acids is 1. The highest BCUT2D eigenvalue weighted by molar-refractivity contribution is 5.81. The number of rotatable bonds is 7. The Hall–Kier alpha value is -1.14. The lowest BCUT2D eigenvalue weighted by molar-refractivity contribution is -0.143. The second kappa shape index (κ2) is 8.12. The lowest BCUT2D eigenvalue weighted by Gasteiger charge is -2.29. The van der Waals surface area contributed by atoms with Gasteiger partial charge in [0.15, 0.2) is 0 Å². The first-order chi connectivity index (χ1) is 9.04. The van der Waals surface area contributed by atoms with Gasteiger partial charge >= 0.3 is 5.97 Å². The van der Waals surface area contributed by atoms with Gasteiger partial charge in [-0.05, 0) is 32.6 Å². The molecule has 1 rings (SSSR count). The first kappa shape index (κ1) is 15.9. The van der Waals surface area contributed by atoms with Gasteiger partial charge in [-0.2, -0.15) is 0 Å². The third-order valence-electron chi connectivity index (χ3n) is 3.56. The summed E-state index contributed by atoms with van der Waals surface area (Å²) in [5.74, 6) is -0.967. The lowest BCUT2D eigenvalue weighted by Crippen LogP contribution is -2.48. The summed E-state index contributed by atoms with van der Waals surface area (Å²) in [4.78, 5) is 22.6. The molecule has 110 valence electrons. The summed E-state index contributed by atoms with van der Waals surface area (Å²) in [6, 6.07) is -0.0259. The quantitative estimate of drug-likeness (QED) is 0.583. The SMILES string of the molecule is COCCNC(=O)C(C)NC1CCC(C(=O)O)CC1. The maximum atomic E-state index is 11.7. The summed E-state index contributed by atoms with van der Waals surface area (Å²) in [5, 5.41) is 15.0. The van der Waals surface area contributed by atoms with Crippen LogP contribution < -0.4 is 10.6 Å². The molecule has 0 spiro atoms. The van der Waals surface area contributed by atoms with E-state index in [0.29, 0.717) is 26.0 Å². The van der Waals surface area contributed by atoms with Crippen LogP contribution in [0.2, 0.25) is 0 Å². The van der Waals surface area contributed by atoms with Gasteiger partial charge in [0.05, 0.1) is 18.6 Å². The molecule has 0 aromatic carbocycles. The Morgan fingerprint density at radius 1 is 1.32 bits per heavy atom.